The van der Waals surface area contributed by atoms with Gasteiger partial charge >= 0.3 is 5.97 Å². The van der Waals surface area contributed by atoms with Crippen molar-refractivity contribution in [2.75, 3.05) is 26.4 Å². The Morgan fingerprint density at radius 2 is 0.879 bits per heavy atom. The molecule has 18 unspecified atom stereocenters. The monoisotopic (exact) mass is 1420 g/mol. The van der Waals surface area contributed by atoms with Crippen LogP contribution < -0.4 is 10.6 Å². The molecule has 3 aliphatic heterocycles. The van der Waals surface area contributed by atoms with Crippen LogP contribution in [0.25, 0.3) is 0 Å². The average molecular weight is 1420 g/mol. The summed E-state index contributed by atoms with van der Waals surface area (Å²) in [5.41, 5.74) is 0. The van der Waals surface area contributed by atoms with Crippen LogP contribution in [0.5, 0.6) is 0 Å². The van der Waals surface area contributed by atoms with Crippen molar-refractivity contribution in [2.24, 2.45) is 0 Å². The van der Waals surface area contributed by atoms with E-state index in [0.717, 1.165) is 51.9 Å². The van der Waals surface area contributed by atoms with Crippen molar-refractivity contribution in [2.45, 2.75) is 439 Å². The number of hydrogen-bond donors (Lipinski definition) is 14. The van der Waals surface area contributed by atoms with E-state index in [1.54, 1.807) is 0 Å². The molecule has 99 heavy (non-hydrogen) atoms. The lowest BCUT2D eigenvalue weighted by Crippen LogP contribution is -2.70. The molecule has 0 aromatic carbocycles. The molecule has 14 N–H and O–H groups in total. The van der Waals surface area contributed by atoms with Crippen molar-refractivity contribution < 1.29 is 104 Å². The normalized spacial score (nSPS) is 27.0. The van der Waals surface area contributed by atoms with E-state index in [4.69, 9.17) is 28.4 Å². The molecule has 3 heterocycles. The first-order valence-corrected chi connectivity index (χ1v) is 39.9. The van der Waals surface area contributed by atoms with E-state index in [9.17, 15) is 75.7 Å². The lowest BCUT2D eigenvalue weighted by Gasteiger charge is -2.50. The largest absolute Gasteiger partial charge is 0.477 e. The van der Waals surface area contributed by atoms with Crippen molar-refractivity contribution >= 4 is 17.8 Å². The predicted molar refractivity (Wildman–Crippen MR) is 380 cm³/mol. The molecule has 0 aliphatic carbocycles. The molecule has 584 valence electrons. The second kappa shape index (κ2) is 56.1. The molecule has 18 atom stereocenters. The molecule has 3 rings (SSSR count). The third-order valence-corrected chi connectivity index (χ3v) is 20.6. The summed E-state index contributed by atoms with van der Waals surface area (Å²) in [6.07, 6.45) is 28.3. The van der Waals surface area contributed by atoms with E-state index in [1.807, 2.05) is 0 Å². The molecule has 0 bridgehead atoms. The summed E-state index contributed by atoms with van der Waals surface area (Å²) in [6, 6.07) is -2.52. The van der Waals surface area contributed by atoms with Gasteiger partial charge in [-0.25, -0.2) is 4.79 Å². The van der Waals surface area contributed by atoms with Crippen molar-refractivity contribution in [1.82, 2.24) is 10.6 Å². The molecule has 2 amide bonds. The Morgan fingerprint density at radius 1 is 0.485 bits per heavy atom. The third-order valence-electron chi connectivity index (χ3n) is 20.6. The maximum Gasteiger partial charge on any atom is 0.364 e. The minimum Gasteiger partial charge on any atom is -0.477 e. The molecule has 0 saturated carbocycles. The Morgan fingerprint density at radius 3 is 1.26 bits per heavy atom. The number of unbranched alkanes of at least 4 members (excludes halogenated alkanes) is 43. The van der Waals surface area contributed by atoms with Crippen LogP contribution in [0.2, 0.25) is 0 Å². The van der Waals surface area contributed by atoms with E-state index in [1.165, 1.54) is 231 Å². The Balaban J connectivity index is 1.47. The number of aliphatic carboxylic acids is 1. The zero-order valence-electron chi connectivity index (χ0n) is 61.6. The van der Waals surface area contributed by atoms with Gasteiger partial charge < -0.3 is 100 Å². The van der Waals surface area contributed by atoms with Gasteiger partial charge in [0.05, 0.1) is 50.7 Å². The molecule has 0 spiro atoms. The first kappa shape index (κ1) is 90.9. The topological polar surface area (TPSA) is 373 Å². The predicted octanol–water partition coefficient (Wildman–Crippen LogP) is 10.0. The lowest BCUT2D eigenvalue weighted by atomic mass is 9.88. The SMILES string of the molecule is CCCCCCCCCCCCCCCCCCCCCCCCCCCCCCCCC(=O)NC(COC1OC(CO)C(OC2OC(CO)C(O)C(OC3(C(=O)O)CC(O)C(NC(C)=O)C(C(O)C(O)CO)O3)C2O)C(O)C1O)C(O)CCCCCCCCCCCCCCCCC. The molecular formula is C76H144N2O21. The number of rotatable bonds is 63. The fourth-order valence-corrected chi connectivity index (χ4v) is 14.2. The van der Waals surface area contributed by atoms with Gasteiger partial charge in [-0.1, -0.05) is 296 Å². The van der Waals surface area contributed by atoms with Crippen LogP contribution in [0.15, 0.2) is 0 Å². The van der Waals surface area contributed by atoms with Crippen molar-refractivity contribution in [3.05, 3.63) is 0 Å². The van der Waals surface area contributed by atoms with E-state index >= 15 is 0 Å². The standard InChI is InChI=1S/C76H144N2O21/c1-4-6-8-10-12-14-16-18-20-21-22-23-24-25-26-27-28-29-30-31-32-33-34-36-38-40-42-44-46-48-50-63(86)78-57(58(83)49-47-45-43-41-39-37-35-19-17-15-13-11-9-7-5-2)55-94-73-68(90)67(89)70(62(54-81)96-73)97-74-69(91)72(66(88)61(53-80)95-74)99-76(75(92)93)51-59(84)64(77-56(3)82)71(98-76)65(87)60(85)52-79/h57-62,64-74,79-81,83-85,87-91H,4-55H2,1-3H3,(H,77,82)(H,78,86)(H,92,93). The Bertz CT molecular complexity index is 1980. The summed E-state index contributed by atoms with van der Waals surface area (Å²) in [4.78, 5) is 38.7. The maximum absolute atomic E-state index is 13.5. The molecule has 3 aliphatic rings. The number of aliphatic hydroxyl groups excluding tert-OH is 11. The van der Waals surface area contributed by atoms with Gasteiger partial charge in [0.15, 0.2) is 12.6 Å². The Kier molecular flexibility index (Phi) is 51.5. The highest BCUT2D eigenvalue weighted by Crippen LogP contribution is 2.39. The summed E-state index contributed by atoms with van der Waals surface area (Å²) >= 11 is 0. The molecule has 0 aromatic rings. The van der Waals surface area contributed by atoms with E-state index in [-0.39, 0.29) is 18.9 Å². The van der Waals surface area contributed by atoms with Crippen LogP contribution in [0.3, 0.4) is 0 Å². The van der Waals surface area contributed by atoms with Gasteiger partial charge in [0.2, 0.25) is 11.8 Å². The molecule has 0 radical (unpaired) electrons. The van der Waals surface area contributed by atoms with Crippen molar-refractivity contribution in [3.63, 3.8) is 0 Å². The number of aliphatic hydroxyl groups is 11. The number of carbonyl (C=O) groups is 3. The number of hydrogen-bond acceptors (Lipinski definition) is 20. The van der Waals surface area contributed by atoms with Crippen molar-refractivity contribution in [1.29, 1.82) is 0 Å². The fourth-order valence-electron chi connectivity index (χ4n) is 14.2. The van der Waals surface area contributed by atoms with Crippen LogP contribution in [0.1, 0.15) is 329 Å². The molecule has 3 fully saturated rings. The highest BCUT2D eigenvalue weighted by Gasteiger charge is 2.60. The van der Waals surface area contributed by atoms with Gasteiger partial charge in [0.1, 0.15) is 67.1 Å². The average Bonchev–Trinajstić information content (AvgIpc) is 0.750. The number of amides is 2. The summed E-state index contributed by atoms with van der Waals surface area (Å²) in [7, 11) is 0. The molecular weight excluding hydrogens is 1280 g/mol. The summed E-state index contributed by atoms with van der Waals surface area (Å²) < 4.78 is 34.9. The highest BCUT2D eigenvalue weighted by molar-refractivity contribution is 5.77. The fraction of sp³-hybridized carbons (Fsp3) is 0.961. The van der Waals surface area contributed by atoms with Gasteiger partial charge in [-0.15, -0.1) is 0 Å². The van der Waals surface area contributed by atoms with Gasteiger partial charge in [0.25, 0.3) is 5.79 Å². The Hall–Kier alpha value is -2.27. The number of nitrogens with one attached hydrogen (secondary N) is 2. The van der Waals surface area contributed by atoms with E-state index in [0.29, 0.717) is 19.3 Å². The van der Waals surface area contributed by atoms with Crippen molar-refractivity contribution in [3.8, 4) is 0 Å². The van der Waals surface area contributed by atoms with Crippen LogP contribution in [-0.2, 0) is 42.8 Å². The zero-order valence-corrected chi connectivity index (χ0v) is 61.6. The quantitative estimate of drug-likeness (QED) is 0.0252. The van der Waals surface area contributed by atoms with Crippen LogP contribution in [0, 0.1) is 0 Å². The zero-order chi connectivity index (χ0) is 72.5. The van der Waals surface area contributed by atoms with Gasteiger partial charge in [-0.05, 0) is 12.8 Å². The summed E-state index contributed by atoms with van der Waals surface area (Å²) in [6.45, 7) is 2.25. The number of ether oxygens (including phenoxy) is 6. The third kappa shape index (κ3) is 37.0. The number of carboxylic acid groups (broad SMARTS) is 1. The van der Waals surface area contributed by atoms with Gasteiger partial charge in [0, 0.05) is 19.8 Å². The number of carbonyl (C=O) groups excluding carboxylic acids is 2. The van der Waals surface area contributed by atoms with Gasteiger partial charge in [-0.2, -0.15) is 0 Å². The van der Waals surface area contributed by atoms with Crippen LogP contribution in [-0.4, -0.2) is 215 Å². The summed E-state index contributed by atoms with van der Waals surface area (Å²) in [5, 5.41) is 136. The van der Waals surface area contributed by atoms with Gasteiger partial charge in [-0.3, -0.25) is 9.59 Å². The minimum atomic E-state index is -3.08. The molecule has 0 aromatic heterocycles. The van der Waals surface area contributed by atoms with E-state index in [2.05, 4.69) is 24.5 Å². The molecule has 23 heteroatoms. The van der Waals surface area contributed by atoms with Crippen LogP contribution in [0.4, 0.5) is 0 Å². The molecule has 3 saturated heterocycles. The summed E-state index contributed by atoms with van der Waals surface area (Å²) in [5.74, 6) is -6.09. The number of carboxylic acids is 1. The lowest BCUT2D eigenvalue weighted by molar-refractivity contribution is -0.386. The van der Waals surface area contributed by atoms with Crippen LogP contribution >= 0.6 is 0 Å². The minimum absolute atomic E-state index is 0.230. The smallest absolute Gasteiger partial charge is 0.364 e. The first-order valence-electron chi connectivity index (χ1n) is 39.9. The second-order valence-electron chi connectivity index (χ2n) is 29.3. The Labute approximate surface area is 595 Å². The maximum atomic E-state index is 13.5. The molecule has 23 nitrogen and oxygen atoms in total. The highest BCUT2D eigenvalue weighted by atomic mass is 16.8. The second-order valence-corrected chi connectivity index (χ2v) is 29.3. The first-order chi connectivity index (χ1) is 47.9. The van der Waals surface area contributed by atoms with E-state index < -0.39 is 148 Å².